The zero-order chi connectivity index (χ0) is 12.8. The van der Waals surface area contributed by atoms with Gasteiger partial charge in [-0.15, -0.1) is 0 Å². The molecule has 4 nitrogen and oxygen atoms in total. The van der Waals surface area contributed by atoms with E-state index in [2.05, 4.69) is 4.74 Å². The number of ether oxygens (including phenoxy) is 2. The van der Waals surface area contributed by atoms with E-state index in [-0.39, 0.29) is 0 Å². The number of hydrogen-bond acceptors (Lipinski definition) is 4. The fourth-order valence-electron chi connectivity index (χ4n) is 1.45. The molecule has 4 heteroatoms. The van der Waals surface area contributed by atoms with Crippen molar-refractivity contribution in [2.24, 2.45) is 5.73 Å². The van der Waals surface area contributed by atoms with Crippen LogP contribution in [0.15, 0.2) is 18.2 Å². The van der Waals surface area contributed by atoms with Gasteiger partial charge in [-0.2, -0.15) is 0 Å². The van der Waals surface area contributed by atoms with Crippen molar-refractivity contribution < 1.29 is 14.3 Å². The number of rotatable bonds is 5. The third-order valence-corrected chi connectivity index (χ3v) is 2.75. The van der Waals surface area contributed by atoms with Crippen LogP contribution in [-0.4, -0.2) is 25.7 Å². The average molecular weight is 237 g/mol. The lowest BCUT2D eigenvalue weighted by Gasteiger charge is -2.13. The number of hydrogen-bond donors (Lipinski definition) is 1. The van der Waals surface area contributed by atoms with Crippen LogP contribution in [0.2, 0.25) is 0 Å². The van der Waals surface area contributed by atoms with E-state index in [0.29, 0.717) is 13.0 Å². The molecule has 0 fully saturated rings. The van der Waals surface area contributed by atoms with E-state index in [4.69, 9.17) is 10.5 Å². The molecule has 1 aromatic rings. The Morgan fingerprint density at radius 1 is 1.41 bits per heavy atom. The summed E-state index contributed by atoms with van der Waals surface area (Å²) in [5.74, 6) is 0.427. The van der Waals surface area contributed by atoms with Crippen molar-refractivity contribution in [1.29, 1.82) is 0 Å². The van der Waals surface area contributed by atoms with E-state index >= 15 is 0 Å². The first-order valence-electron chi connectivity index (χ1n) is 5.58. The number of aryl methyl sites for hydroxylation is 1. The number of benzene rings is 1. The van der Waals surface area contributed by atoms with Crippen LogP contribution >= 0.6 is 0 Å². The van der Waals surface area contributed by atoms with Crippen molar-refractivity contribution in [3.8, 4) is 5.75 Å². The van der Waals surface area contributed by atoms with Crippen LogP contribution in [0.3, 0.4) is 0 Å². The Labute approximate surface area is 102 Å². The summed E-state index contributed by atoms with van der Waals surface area (Å²) in [6.45, 7) is 4.44. The van der Waals surface area contributed by atoms with Crippen LogP contribution in [0.1, 0.15) is 17.5 Å². The number of nitrogens with two attached hydrogens (primary N) is 1. The summed E-state index contributed by atoms with van der Waals surface area (Å²) >= 11 is 0. The molecule has 0 heterocycles. The minimum absolute atomic E-state index is 0.403. The molecule has 0 bridgehead atoms. The summed E-state index contributed by atoms with van der Waals surface area (Å²) in [6.07, 6.45) is 0.444. The van der Waals surface area contributed by atoms with Gasteiger partial charge < -0.3 is 15.2 Å². The molecule has 1 rings (SSSR count). The van der Waals surface area contributed by atoms with E-state index in [9.17, 15) is 4.79 Å². The highest BCUT2D eigenvalue weighted by atomic mass is 16.5. The summed E-state index contributed by atoms with van der Waals surface area (Å²) in [5.41, 5.74) is 7.90. The summed E-state index contributed by atoms with van der Waals surface area (Å²) in [5, 5.41) is 0. The summed E-state index contributed by atoms with van der Waals surface area (Å²) < 4.78 is 10.1. The molecule has 0 aromatic heterocycles. The molecule has 1 unspecified atom stereocenters. The van der Waals surface area contributed by atoms with E-state index in [0.717, 1.165) is 11.3 Å². The number of carbonyl (C=O) groups is 1. The topological polar surface area (TPSA) is 61.5 Å². The van der Waals surface area contributed by atoms with Gasteiger partial charge in [0.05, 0.1) is 13.7 Å². The second-order valence-electron chi connectivity index (χ2n) is 3.96. The first kappa shape index (κ1) is 13.5. The molecule has 0 amide bonds. The molecular formula is C13H19NO3. The largest absolute Gasteiger partial charge is 0.493 e. The monoisotopic (exact) mass is 237 g/mol. The first-order valence-corrected chi connectivity index (χ1v) is 5.58. The fraction of sp³-hybridized carbons (Fsp3) is 0.462. The van der Waals surface area contributed by atoms with Gasteiger partial charge in [0.2, 0.25) is 0 Å². The molecule has 0 aliphatic carbocycles. The van der Waals surface area contributed by atoms with Gasteiger partial charge in [-0.1, -0.05) is 12.1 Å². The molecule has 0 saturated carbocycles. The quantitative estimate of drug-likeness (QED) is 0.790. The normalized spacial score (nSPS) is 12.0. The first-order chi connectivity index (χ1) is 8.06. The predicted molar refractivity (Wildman–Crippen MR) is 66.0 cm³/mol. The van der Waals surface area contributed by atoms with E-state index in [1.807, 2.05) is 32.0 Å². The molecule has 2 N–H and O–H groups in total. The Bertz CT molecular complexity index is 390. The average Bonchev–Trinajstić information content (AvgIpc) is 2.33. The van der Waals surface area contributed by atoms with E-state index in [1.165, 1.54) is 12.7 Å². The standard InChI is InChI=1S/C13H19NO3/c1-9-5-4-6-12(10(9)2)17-8-7-11(14)13(15)16-3/h4-6,11H,7-8,14H2,1-3H3. The minimum Gasteiger partial charge on any atom is -0.493 e. The third kappa shape index (κ3) is 3.75. The number of methoxy groups -OCH3 is 1. The van der Waals surface area contributed by atoms with Gasteiger partial charge in [-0.3, -0.25) is 4.79 Å². The van der Waals surface area contributed by atoms with Crippen molar-refractivity contribution in [3.05, 3.63) is 29.3 Å². The maximum Gasteiger partial charge on any atom is 0.322 e. The summed E-state index contributed by atoms with van der Waals surface area (Å²) in [4.78, 5) is 11.1. The molecule has 94 valence electrons. The molecule has 0 spiro atoms. The lowest BCUT2D eigenvalue weighted by atomic mass is 10.1. The number of carbonyl (C=O) groups excluding carboxylic acids is 1. The highest BCUT2D eigenvalue weighted by Crippen LogP contribution is 2.20. The second-order valence-corrected chi connectivity index (χ2v) is 3.96. The number of esters is 1. The van der Waals surface area contributed by atoms with Crippen LogP contribution in [0.5, 0.6) is 5.75 Å². The highest BCUT2D eigenvalue weighted by Gasteiger charge is 2.13. The molecule has 1 aromatic carbocycles. The van der Waals surface area contributed by atoms with Crippen molar-refractivity contribution in [2.75, 3.05) is 13.7 Å². The molecule has 17 heavy (non-hydrogen) atoms. The van der Waals surface area contributed by atoms with Crippen LogP contribution in [0.4, 0.5) is 0 Å². The Balaban J connectivity index is 2.46. The van der Waals surface area contributed by atoms with Crippen LogP contribution < -0.4 is 10.5 Å². The molecule has 1 atom stereocenters. The van der Waals surface area contributed by atoms with Gasteiger partial charge in [0, 0.05) is 6.42 Å². The molecule has 0 aliphatic heterocycles. The predicted octanol–water partition coefficient (Wildman–Crippen LogP) is 1.57. The van der Waals surface area contributed by atoms with E-state index < -0.39 is 12.0 Å². The van der Waals surface area contributed by atoms with Gasteiger partial charge >= 0.3 is 5.97 Å². The third-order valence-electron chi connectivity index (χ3n) is 2.75. The summed E-state index contributed by atoms with van der Waals surface area (Å²) in [6, 6.07) is 5.26. The Morgan fingerprint density at radius 2 is 2.12 bits per heavy atom. The van der Waals surface area contributed by atoms with Crippen molar-refractivity contribution in [3.63, 3.8) is 0 Å². The summed E-state index contributed by atoms with van der Waals surface area (Å²) in [7, 11) is 1.33. The van der Waals surface area contributed by atoms with Crippen molar-refractivity contribution in [1.82, 2.24) is 0 Å². The lowest BCUT2D eigenvalue weighted by molar-refractivity contribution is -0.142. The molecule has 0 saturated heterocycles. The van der Waals surface area contributed by atoms with Gasteiger partial charge in [0.1, 0.15) is 11.8 Å². The SMILES string of the molecule is COC(=O)C(N)CCOc1cccc(C)c1C. The van der Waals surface area contributed by atoms with E-state index in [1.54, 1.807) is 0 Å². The fourth-order valence-corrected chi connectivity index (χ4v) is 1.45. The molecular weight excluding hydrogens is 218 g/mol. The molecule has 0 radical (unpaired) electrons. The molecule has 0 aliphatic rings. The van der Waals surface area contributed by atoms with Gasteiger partial charge in [0.25, 0.3) is 0 Å². The van der Waals surface area contributed by atoms with Crippen LogP contribution in [0, 0.1) is 13.8 Å². The lowest BCUT2D eigenvalue weighted by Crippen LogP contribution is -2.33. The van der Waals surface area contributed by atoms with Crippen LogP contribution in [-0.2, 0) is 9.53 Å². The Hall–Kier alpha value is -1.55. The zero-order valence-corrected chi connectivity index (χ0v) is 10.5. The maximum absolute atomic E-state index is 11.1. The second kappa shape index (κ2) is 6.25. The van der Waals surface area contributed by atoms with Gasteiger partial charge in [0.15, 0.2) is 0 Å². The van der Waals surface area contributed by atoms with Crippen molar-refractivity contribution >= 4 is 5.97 Å². The zero-order valence-electron chi connectivity index (χ0n) is 10.5. The van der Waals surface area contributed by atoms with Gasteiger partial charge in [-0.05, 0) is 31.0 Å². The highest BCUT2D eigenvalue weighted by molar-refractivity contribution is 5.75. The van der Waals surface area contributed by atoms with Crippen LogP contribution in [0.25, 0.3) is 0 Å². The Morgan fingerprint density at radius 3 is 2.76 bits per heavy atom. The maximum atomic E-state index is 11.1. The smallest absolute Gasteiger partial charge is 0.322 e. The van der Waals surface area contributed by atoms with Crippen molar-refractivity contribution in [2.45, 2.75) is 26.3 Å². The van der Waals surface area contributed by atoms with Gasteiger partial charge in [-0.25, -0.2) is 0 Å². The minimum atomic E-state index is -0.620. The Kier molecular flexibility index (Phi) is 4.97.